The van der Waals surface area contributed by atoms with E-state index in [4.69, 9.17) is 0 Å². The van der Waals surface area contributed by atoms with E-state index < -0.39 is 0 Å². The number of nitrogens with one attached hydrogen (secondary N) is 1. The van der Waals surface area contributed by atoms with E-state index in [0.717, 1.165) is 44.3 Å². The zero-order chi connectivity index (χ0) is 15.6. The van der Waals surface area contributed by atoms with Crippen LogP contribution in [0.4, 0.5) is 0 Å². The normalized spacial score (nSPS) is 27.3. The maximum atomic E-state index is 12.5. The summed E-state index contributed by atoms with van der Waals surface area (Å²) in [5.74, 6) is 0.410. The van der Waals surface area contributed by atoms with Gasteiger partial charge in [0, 0.05) is 31.5 Å². The Bertz CT molecular complexity index is 557. The molecule has 0 aromatic heterocycles. The predicted molar refractivity (Wildman–Crippen MR) is 85.2 cm³/mol. The van der Waals surface area contributed by atoms with Gasteiger partial charge in [0.2, 0.25) is 11.8 Å². The summed E-state index contributed by atoms with van der Waals surface area (Å²) in [6.45, 7) is 1.54. The molecular formula is C18H24N2O2. The van der Waals surface area contributed by atoms with Gasteiger partial charge in [0.1, 0.15) is 0 Å². The van der Waals surface area contributed by atoms with Crippen molar-refractivity contribution in [3.63, 3.8) is 0 Å². The first-order valence-electron chi connectivity index (χ1n) is 8.18. The number of hydrogen-bond donors (Lipinski definition) is 1. The minimum absolute atomic E-state index is 0.0203. The summed E-state index contributed by atoms with van der Waals surface area (Å²) in [4.78, 5) is 26.6. The Morgan fingerprint density at radius 1 is 1.27 bits per heavy atom. The number of carbonyl (C=O) groups is 2. The highest BCUT2D eigenvalue weighted by molar-refractivity contribution is 5.81. The first kappa shape index (κ1) is 15.1. The van der Waals surface area contributed by atoms with Crippen molar-refractivity contribution in [1.82, 2.24) is 10.2 Å². The first-order valence-corrected chi connectivity index (χ1v) is 8.18. The molecule has 0 unspecified atom stereocenters. The molecule has 2 aliphatic rings. The summed E-state index contributed by atoms with van der Waals surface area (Å²) < 4.78 is 0. The van der Waals surface area contributed by atoms with E-state index in [2.05, 4.69) is 5.32 Å². The van der Waals surface area contributed by atoms with Crippen LogP contribution in [0.1, 0.15) is 31.2 Å². The van der Waals surface area contributed by atoms with Crippen LogP contribution in [0.2, 0.25) is 0 Å². The molecule has 2 amide bonds. The second-order valence-corrected chi connectivity index (χ2v) is 6.65. The second-order valence-electron chi connectivity index (χ2n) is 6.65. The van der Waals surface area contributed by atoms with Crippen LogP contribution in [0.15, 0.2) is 30.3 Å². The van der Waals surface area contributed by atoms with E-state index in [1.165, 1.54) is 0 Å². The van der Waals surface area contributed by atoms with E-state index >= 15 is 0 Å². The number of carbonyl (C=O) groups excluding carboxylic acids is 2. The molecule has 1 aromatic rings. The molecule has 2 fully saturated rings. The monoisotopic (exact) mass is 300 g/mol. The Morgan fingerprint density at radius 2 is 2.05 bits per heavy atom. The Kier molecular flexibility index (Phi) is 4.19. The summed E-state index contributed by atoms with van der Waals surface area (Å²) in [6, 6.07) is 9.88. The van der Waals surface area contributed by atoms with Crippen molar-refractivity contribution in [2.45, 2.75) is 32.1 Å². The molecule has 4 heteroatoms. The second kappa shape index (κ2) is 6.11. The molecule has 2 atom stereocenters. The van der Waals surface area contributed by atoms with Crippen LogP contribution in [0.25, 0.3) is 0 Å². The van der Waals surface area contributed by atoms with Crippen LogP contribution >= 0.6 is 0 Å². The molecule has 1 aliphatic heterocycles. The van der Waals surface area contributed by atoms with Crippen molar-refractivity contribution < 1.29 is 9.59 Å². The molecule has 1 heterocycles. The molecule has 3 rings (SSSR count). The van der Waals surface area contributed by atoms with Crippen molar-refractivity contribution in [3.8, 4) is 0 Å². The summed E-state index contributed by atoms with van der Waals surface area (Å²) in [7, 11) is 1.71. The van der Waals surface area contributed by atoms with Gasteiger partial charge in [-0.05, 0) is 24.8 Å². The van der Waals surface area contributed by atoms with E-state index in [9.17, 15) is 9.59 Å². The number of amides is 2. The van der Waals surface area contributed by atoms with Crippen molar-refractivity contribution in [2.75, 3.05) is 20.1 Å². The summed E-state index contributed by atoms with van der Waals surface area (Å²) in [5, 5.41) is 2.80. The molecular weight excluding hydrogens is 276 g/mol. The van der Waals surface area contributed by atoms with Crippen LogP contribution < -0.4 is 5.32 Å². The number of nitrogens with zero attached hydrogens (tertiary/aromatic N) is 1. The standard InChI is InChI=1S/C18H24N2O2/c1-19-17(22)15-8-5-9-18(15)10-11-20(13-18)16(21)12-14-6-3-2-4-7-14/h2-4,6-7,15H,5,8-13H2,1H3,(H,19,22)/t15-,18-/m0/s1. The summed E-state index contributed by atoms with van der Waals surface area (Å²) >= 11 is 0. The zero-order valence-corrected chi connectivity index (χ0v) is 13.2. The molecule has 0 bridgehead atoms. The van der Waals surface area contributed by atoms with Gasteiger partial charge in [0.15, 0.2) is 0 Å². The van der Waals surface area contributed by atoms with Crippen LogP contribution in [0, 0.1) is 11.3 Å². The van der Waals surface area contributed by atoms with E-state index in [1.807, 2.05) is 35.2 Å². The topological polar surface area (TPSA) is 49.4 Å². The molecule has 22 heavy (non-hydrogen) atoms. The van der Waals surface area contributed by atoms with Crippen molar-refractivity contribution in [3.05, 3.63) is 35.9 Å². The number of rotatable bonds is 3. The quantitative estimate of drug-likeness (QED) is 0.928. The van der Waals surface area contributed by atoms with Gasteiger partial charge in [0.25, 0.3) is 0 Å². The minimum atomic E-state index is 0.0203. The van der Waals surface area contributed by atoms with Gasteiger partial charge < -0.3 is 10.2 Å². The van der Waals surface area contributed by atoms with Gasteiger partial charge in [-0.2, -0.15) is 0 Å². The van der Waals surface area contributed by atoms with Crippen molar-refractivity contribution >= 4 is 11.8 Å². The summed E-state index contributed by atoms with van der Waals surface area (Å²) in [5.41, 5.74) is 1.08. The number of hydrogen-bond acceptors (Lipinski definition) is 2. The highest BCUT2D eigenvalue weighted by Crippen LogP contribution is 2.49. The first-order chi connectivity index (χ1) is 10.6. The molecule has 118 valence electrons. The van der Waals surface area contributed by atoms with Gasteiger partial charge in [-0.15, -0.1) is 0 Å². The molecule has 1 saturated carbocycles. The third kappa shape index (κ3) is 2.74. The lowest BCUT2D eigenvalue weighted by molar-refractivity contribution is -0.132. The van der Waals surface area contributed by atoms with E-state index in [1.54, 1.807) is 7.05 Å². The molecule has 0 radical (unpaired) electrons. The molecule has 1 aliphatic carbocycles. The Morgan fingerprint density at radius 3 is 2.77 bits per heavy atom. The average molecular weight is 300 g/mol. The molecule has 4 nitrogen and oxygen atoms in total. The van der Waals surface area contributed by atoms with Gasteiger partial charge in [0.05, 0.1) is 6.42 Å². The molecule has 1 N–H and O–H groups in total. The largest absolute Gasteiger partial charge is 0.359 e. The van der Waals surface area contributed by atoms with Crippen LogP contribution in [-0.4, -0.2) is 36.9 Å². The maximum absolute atomic E-state index is 12.5. The highest BCUT2D eigenvalue weighted by atomic mass is 16.2. The smallest absolute Gasteiger partial charge is 0.227 e. The molecule has 1 spiro atoms. The molecule has 1 aromatic carbocycles. The fourth-order valence-electron chi connectivity index (χ4n) is 4.20. The van der Waals surface area contributed by atoms with Crippen LogP contribution in [-0.2, 0) is 16.0 Å². The average Bonchev–Trinajstić information content (AvgIpc) is 3.15. The predicted octanol–water partition coefficient (Wildman–Crippen LogP) is 1.99. The SMILES string of the molecule is CNC(=O)[C@@H]1CCC[C@@]12CCN(C(=O)Cc1ccccc1)C2. The van der Waals surface area contributed by atoms with Crippen molar-refractivity contribution in [2.24, 2.45) is 11.3 Å². The van der Waals surface area contributed by atoms with Gasteiger partial charge in [-0.1, -0.05) is 36.8 Å². The number of likely N-dealkylation sites (tertiary alicyclic amines) is 1. The van der Waals surface area contributed by atoms with Gasteiger partial charge in [-0.3, -0.25) is 9.59 Å². The van der Waals surface area contributed by atoms with Crippen LogP contribution in [0.3, 0.4) is 0 Å². The fourth-order valence-corrected chi connectivity index (χ4v) is 4.20. The fraction of sp³-hybridized carbons (Fsp3) is 0.556. The zero-order valence-electron chi connectivity index (χ0n) is 13.2. The van der Waals surface area contributed by atoms with Crippen molar-refractivity contribution in [1.29, 1.82) is 0 Å². The maximum Gasteiger partial charge on any atom is 0.227 e. The Balaban J connectivity index is 1.66. The summed E-state index contributed by atoms with van der Waals surface area (Å²) in [6.07, 6.45) is 4.55. The lowest BCUT2D eigenvalue weighted by Crippen LogP contribution is -2.40. The lowest BCUT2D eigenvalue weighted by atomic mass is 9.76. The lowest BCUT2D eigenvalue weighted by Gasteiger charge is -2.30. The van der Waals surface area contributed by atoms with E-state index in [0.29, 0.717) is 6.42 Å². The minimum Gasteiger partial charge on any atom is -0.359 e. The van der Waals surface area contributed by atoms with Gasteiger partial charge in [-0.25, -0.2) is 0 Å². The Hall–Kier alpha value is -1.84. The third-order valence-electron chi connectivity index (χ3n) is 5.41. The molecule has 1 saturated heterocycles. The van der Waals surface area contributed by atoms with E-state index in [-0.39, 0.29) is 23.1 Å². The van der Waals surface area contributed by atoms with Gasteiger partial charge >= 0.3 is 0 Å². The Labute approximate surface area is 131 Å². The third-order valence-corrected chi connectivity index (χ3v) is 5.41. The highest BCUT2D eigenvalue weighted by Gasteiger charge is 2.50. The van der Waals surface area contributed by atoms with Crippen LogP contribution in [0.5, 0.6) is 0 Å². The number of benzene rings is 1.